The summed E-state index contributed by atoms with van der Waals surface area (Å²) >= 11 is 12.0. The van der Waals surface area contributed by atoms with E-state index in [0.717, 1.165) is 16.7 Å². The normalized spacial score (nSPS) is 16.7. The van der Waals surface area contributed by atoms with Crippen molar-refractivity contribution < 1.29 is 8.42 Å². The van der Waals surface area contributed by atoms with Crippen molar-refractivity contribution in [2.24, 2.45) is 5.10 Å². The zero-order chi connectivity index (χ0) is 20.6. The molecular formula is C22H18Cl2N2O2S. The lowest BCUT2D eigenvalue weighted by Crippen LogP contribution is -2.27. The topological polar surface area (TPSA) is 49.7 Å². The number of aryl methyl sites for hydroxylation is 1. The van der Waals surface area contributed by atoms with E-state index in [1.54, 1.807) is 48.5 Å². The van der Waals surface area contributed by atoms with Gasteiger partial charge in [0, 0.05) is 16.5 Å². The highest BCUT2D eigenvalue weighted by Crippen LogP contribution is 2.37. The Morgan fingerprint density at radius 1 is 0.862 bits per heavy atom. The van der Waals surface area contributed by atoms with Crippen LogP contribution in [0.1, 0.15) is 29.2 Å². The maximum atomic E-state index is 13.4. The van der Waals surface area contributed by atoms with E-state index in [-0.39, 0.29) is 4.90 Å². The van der Waals surface area contributed by atoms with Gasteiger partial charge in [-0.1, -0.05) is 65.2 Å². The van der Waals surface area contributed by atoms with E-state index in [0.29, 0.717) is 22.2 Å². The smallest absolute Gasteiger partial charge is 0.200 e. The first kappa shape index (κ1) is 20.0. The van der Waals surface area contributed by atoms with Gasteiger partial charge >= 0.3 is 0 Å². The van der Waals surface area contributed by atoms with Gasteiger partial charge in [0.1, 0.15) is 0 Å². The van der Waals surface area contributed by atoms with Gasteiger partial charge in [-0.2, -0.15) is 17.9 Å². The van der Waals surface area contributed by atoms with E-state index in [2.05, 4.69) is 5.10 Å². The fraction of sp³-hybridized carbons (Fsp3) is 0.136. The summed E-state index contributed by atoms with van der Waals surface area (Å²) in [6, 6.07) is 20.8. The first-order chi connectivity index (χ1) is 13.8. The Balaban J connectivity index is 1.79. The van der Waals surface area contributed by atoms with E-state index in [9.17, 15) is 8.42 Å². The molecule has 0 N–H and O–H groups in total. The molecule has 7 heteroatoms. The highest BCUT2D eigenvalue weighted by molar-refractivity contribution is 7.89. The number of sulfonamides is 1. The number of rotatable bonds is 4. The number of nitrogens with zero attached hydrogens (tertiary/aromatic N) is 2. The third kappa shape index (κ3) is 4.04. The van der Waals surface area contributed by atoms with Crippen LogP contribution in [0.2, 0.25) is 10.0 Å². The van der Waals surface area contributed by atoms with Crippen LogP contribution >= 0.6 is 23.2 Å². The summed E-state index contributed by atoms with van der Waals surface area (Å²) in [4.78, 5) is 0.211. The SMILES string of the molecule is Cc1ccc(S(=O)(=O)N2N=C(c3ccc(Cl)cc3)C[C@@H]2c2ccc(Cl)cc2)cc1. The van der Waals surface area contributed by atoms with Crippen molar-refractivity contribution in [3.8, 4) is 0 Å². The summed E-state index contributed by atoms with van der Waals surface area (Å²) in [5.41, 5.74) is 3.36. The van der Waals surface area contributed by atoms with Gasteiger partial charge in [-0.25, -0.2) is 0 Å². The highest BCUT2D eigenvalue weighted by Gasteiger charge is 2.37. The molecule has 0 radical (unpaired) electrons. The average molecular weight is 445 g/mol. The molecule has 0 aromatic heterocycles. The van der Waals surface area contributed by atoms with Crippen LogP contribution in [0.5, 0.6) is 0 Å². The van der Waals surface area contributed by atoms with Gasteiger partial charge < -0.3 is 0 Å². The molecular weight excluding hydrogens is 427 g/mol. The first-order valence-electron chi connectivity index (χ1n) is 9.04. The monoisotopic (exact) mass is 444 g/mol. The summed E-state index contributed by atoms with van der Waals surface area (Å²) in [6.07, 6.45) is 0.453. The Labute approximate surface area is 180 Å². The first-order valence-corrected chi connectivity index (χ1v) is 11.2. The van der Waals surface area contributed by atoms with E-state index < -0.39 is 16.1 Å². The summed E-state index contributed by atoms with van der Waals surface area (Å²) in [5, 5.41) is 5.74. The Bertz CT molecular complexity index is 1160. The van der Waals surface area contributed by atoms with Gasteiger partial charge in [0.25, 0.3) is 10.0 Å². The Morgan fingerprint density at radius 3 is 2.00 bits per heavy atom. The summed E-state index contributed by atoms with van der Waals surface area (Å²) in [5.74, 6) is 0. The summed E-state index contributed by atoms with van der Waals surface area (Å²) < 4.78 is 28.0. The van der Waals surface area contributed by atoms with Crippen LogP contribution in [-0.4, -0.2) is 18.5 Å². The molecule has 0 bridgehead atoms. The van der Waals surface area contributed by atoms with Gasteiger partial charge in [-0.3, -0.25) is 0 Å². The third-order valence-electron chi connectivity index (χ3n) is 4.87. The molecule has 1 aliphatic heterocycles. The van der Waals surface area contributed by atoms with Crippen molar-refractivity contribution in [1.29, 1.82) is 0 Å². The lowest BCUT2D eigenvalue weighted by Gasteiger charge is -2.23. The fourth-order valence-corrected chi connectivity index (χ4v) is 4.96. The van der Waals surface area contributed by atoms with Crippen LogP contribution in [-0.2, 0) is 10.0 Å². The second-order valence-corrected chi connectivity index (χ2v) is 9.58. The molecule has 0 amide bonds. The van der Waals surface area contributed by atoms with Crippen molar-refractivity contribution in [1.82, 2.24) is 4.41 Å². The number of hydrogen-bond acceptors (Lipinski definition) is 3. The van der Waals surface area contributed by atoms with Crippen molar-refractivity contribution >= 4 is 38.9 Å². The summed E-state index contributed by atoms with van der Waals surface area (Å²) in [6.45, 7) is 1.92. The maximum absolute atomic E-state index is 13.4. The minimum Gasteiger partial charge on any atom is -0.200 e. The van der Waals surface area contributed by atoms with E-state index in [1.807, 2.05) is 31.2 Å². The molecule has 0 unspecified atom stereocenters. The van der Waals surface area contributed by atoms with Gasteiger partial charge in [0.05, 0.1) is 16.6 Å². The molecule has 0 fully saturated rings. The molecule has 1 heterocycles. The molecule has 3 aromatic carbocycles. The van der Waals surface area contributed by atoms with Gasteiger partial charge in [-0.05, 0) is 54.4 Å². The Kier molecular flexibility index (Phi) is 5.38. The summed E-state index contributed by atoms with van der Waals surface area (Å²) in [7, 11) is -3.83. The molecule has 0 saturated heterocycles. The zero-order valence-electron chi connectivity index (χ0n) is 15.6. The van der Waals surface area contributed by atoms with Crippen molar-refractivity contribution in [2.45, 2.75) is 24.3 Å². The van der Waals surface area contributed by atoms with Crippen LogP contribution in [0.15, 0.2) is 82.8 Å². The van der Waals surface area contributed by atoms with Crippen LogP contribution < -0.4 is 0 Å². The Morgan fingerprint density at radius 2 is 1.41 bits per heavy atom. The zero-order valence-corrected chi connectivity index (χ0v) is 17.9. The lowest BCUT2D eigenvalue weighted by molar-refractivity contribution is 0.371. The third-order valence-corrected chi connectivity index (χ3v) is 7.07. The van der Waals surface area contributed by atoms with Crippen molar-refractivity contribution in [3.63, 3.8) is 0 Å². The molecule has 1 aliphatic rings. The van der Waals surface area contributed by atoms with Crippen LogP contribution in [0.4, 0.5) is 0 Å². The van der Waals surface area contributed by atoms with Crippen LogP contribution in [0.25, 0.3) is 0 Å². The second-order valence-electron chi connectivity index (χ2n) is 6.92. The van der Waals surface area contributed by atoms with E-state index in [4.69, 9.17) is 23.2 Å². The minimum atomic E-state index is -3.83. The Hall–Kier alpha value is -2.34. The molecule has 29 heavy (non-hydrogen) atoms. The maximum Gasteiger partial charge on any atom is 0.279 e. The van der Waals surface area contributed by atoms with E-state index in [1.165, 1.54) is 4.41 Å². The van der Waals surface area contributed by atoms with Crippen LogP contribution in [0, 0.1) is 6.92 Å². The predicted octanol–water partition coefficient (Wildman–Crippen LogP) is 5.84. The number of hydrazone groups is 1. The van der Waals surface area contributed by atoms with E-state index >= 15 is 0 Å². The molecule has 3 aromatic rings. The molecule has 4 rings (SSSR count). The molecule has 4 nitrogen and oxygen atoms in total. The average Bonchev–Trinajstić information content (AvgIpc) is 3.16. The van der Waals surface area contributed by atoms with Gasteiger partial charge in [0.2, 0.25) is 0 Å². The van der Waals surface area contributed by atoms with Crippen LogP contribution in [0.3, 0.4) is 0 Å². The van der Waals surface area contributed by atoms with Gasteiger partial charge in [-0.15, -0.1) is 0 Å². The van der Waals surface area contributed by atoms with Crippen molar-refractivity contribution in [3.05, 3.63) is 99.5 Å². The van der Waals surface area contributed by atoms with Gasteiger partial charge in [0.15, 0.2) is 0 Å². The molecule has 0 saturated carbocycles. The number of hydrogen-bond donors (Lipinski definition) is 0. The van der Waals surface area contributed by atoms with Crippen molar-refractivity contribution in [2.75, 3.05) is 0 Å². The highest BCUT2D eigenvalue weighted by atomic mass is 35.5. The molecule has 148 valence electrons. The number of halogens is 2. The molecule has 0 spiro atoms. The standard InChI is InChI=1S/C22H18Cl2N2O2S/c1-15-2-12-20(13-3-15)29(27,28)26-22(17-6-10-19(24)11-7-17)14-21(25-26)16-4-8-18(23)9-5-16/h2-13,22H,14H2,1H3/t22-/m1/s1. The predicted molar refractivity (Wildman–Crippen MR) is 117 cm³/mol. The fourth-order valence-electron chi connectivity index (χ4n) is 3.28. The molecule has 0 aliphatic carbocycles. The molecule has 1 atom stereocenters. The minimum absolute atomic E-state index is 0.211. The second kappa shape index (κ2) is 7.82. The quantitative estimate of drug-likeness (QED) is 0.507. The number of benzene rings is 3. The largest absolute Gasteiger partial charge is 0.279 e. The lowest BCUT2D eigenvalue weighted by atomic mass is 9.99.